The Morgan fingerprint density at radius 3 is 2.53 bits per heavy atom. The molecule has 0 spiro atoms. The number of likely N-dealkylation sites (tertiary alicyclic amines) is 1. The second-order valence-electron chi connectivity index (χ2n) is 6.30. The quantitative estimate of drug-likeness (QED) is 0.793. The number of nitrogens with one attached hydrogen (secondary N) is 1. The molecule has 0 radical (unpaired) electrons. The first-order chi connectivity index (χ1) is 9.29. The maximum absolute atomic E-state index is 11.7. The van der Waals surface area contributed by atoms with Crippen LogP contribution in [-0.4, -0.2) is 36.0 Å². The highest BCUT2D eigenvalue weighted by atomic mass is 16.1. The van der Waals surface area contributed by atoms with Gasteiger partial charge in [-0.15, -0.1) is 0 Å². The molecule has 1 aliphatic heterocycles. The highest BCUT2D eigenvalue weighted by Gasteiger charge is 2.26. The molecule has 1 aliphatic carbocycles. The molecule has 1 amide bonds. The van der Waals surface area contributed by atoms with Crippen molar-refractivity contribution in [3.8, 4) is 0 Å². The van der Waals surface area contributed by atoms with Gasteiger partial charge in [0.2, 0.25) is 5.91 Å². The maximum atomic E-state index is 11.7. The van der Waals surface area contributed by atoms with Gasteiger partial charge in [0.05, 0.1) is 0 Å². The van der Waals surface area contributed by atoms with Crippen LogP contribution in [-0.2, 0) is 4.79 Å². The molecule has 2 rings (SSSR count). The van der Waals surface area contributed by atoms with Gasteiger partial charge in [0.1, 0.15) is 0 Å². The van der Waals surface area contributed by atoms with Gasteiger partial charge in [-0.25, -0.2) is 0 Å². The van der Waals surface area contributed by atoms with Crippen molar-refractivity contribution >= 4 is 5.91 Å². The molecule has 2 fully saturated rings. The SMILES string of the molecule is CCCC(=O)N[C@@H]1CCCN(C2CCCCCC2)C1. The van der Waals surface area contributed by atoms with Gasteiger partial charge in [0, 0.05) is 25.0 Å². The van der Waals surface area contributed by atoms with Gasteiger partial charge in [0.25, 0.3) is 0 Å². The van der Waals surface area contributed by atoms with Crippen LogP contribution in [0.25, 0.3) is 0 Å². The Morgan fingerprint density at radius 1 is 1.11 bits per heavy atom. The Balaban J connectivity index is 1.80. The van der Waals surface area contributed by atoms with Crippen molar-refractivity contribution in [1.29, 1.82) is 0 Å². The van der Waals surface area contributed by atoms with Crippen molar-refractivity contribution in [2.45, 2.75) is 83.2 Å². The third kappa shape index (κ3) is 4.79. The van der Waals surface area contributed by atoms with Crippen LogP contribution < -0.4 is 5.32 Å². The van der Waals surface area contributed by atoms with E-state index in [1.165, 1.54) is 57.9 Å². The summed E-state index contributed by atoms with van der Waals surface area (Å²) in [6.45, 7) is 4.39. The summed E-state index contributed by atoms with van der Waals surface area (Å²) in [5.41, 5.74) is 0. The minimum absolute atomic E-state index is 0.246. The topological polar surface area (TPSA) is 32.3 Å². The first-order valence-electron chi connectivity index (χ1n) is 8.33. The van der Waals surface area contributed by atoms with Crippen molar-refractivity contribution in [1.82, 2.24) is 10.2 Å². The number of carbonyl (C=O) groups is 1. The predicted molar refractivity (Wildman–Crippen MR) is 79.1 cm³/mol. The van der Waals surface area contributed by atoms with Gasteiger partial charge in [-0.2, -0.15) is 0 Å². The third-order valence-electron chi connectivity index (χ3n) is 4.64. The largest absolute Gasteiger partial charge is 0.352 e. The second kappa shape index (κ2) is 7.88. The van der Waals surface area contributed by atoms with Crippen molar-refractivity contribution in [2.24, 2.45) is 0 Å². The fourth-order valence-electron chi connectivity index (χ4n) is 3.61. The molecule has 0 unspecified atom stereocenters. The number of amides is 1. The molecule has 110 valence electrons. The van der Waals surface area contributed by atoms with Crippen molar-refractivity contribution < 1.29 is 4.79 Å². The summed E-state index contributed by atoms with van der Waals surface area (Å²) in [5.74, 6) is 0.246. The van der Waals surface area contributed by atoms with E-state index in [1.54, 1.807) is 0 Å². The Hall–Kier alpha value is -0.570. The Labute approximate surface area is 118 Å². The summed E-state index contributed by atoms with van der Waals surface area (Å²) in [6.07, 6.45) is 12.4. The smallest absolute Gasteiger partial charge is 0.220 e. The Bertz CT molecular complexity index is 272. The Morgan fingerprint density at radius 2 is 1.84 bits per heavy atom. The van der Waals surface area contributed by atoms with Crippen molar-refractivity contribution in [3.63, 3.8) is 0 Å². The summed E-state index contributed by atoms with van der Waals surface area (Å²) in [7, 11) is 0. The van der Waals surface area contributed by atoms with E-state index in [0.29, 0.717) is 12.5 Å². The lowest BCUT2D eigenvalue weighted by Gasteiger charge is -2.38. The van der Waals surface area contributed by atoms with E-state index in [1.807, 2.05) is 0 Å². The Kier molecular flexibility index (Phi) is 6.15. The molecule has 19 heavy (non-hydrogen) atoms. The summed E-state index contributed by atoms with van der Waals surface area (Å²) in [4.78, 5) is 14.4. The van der Waals surface area contributed by atoms with Gasteiger partial charge < -0.3 is 5.32 Å². The fourth-order valence-corrected chi connectivity index (χ4v) is 3.61. The lowest BCUT2D eigenvalue weighted by Crippen LogP contribution is -2.50. The van der Waals surface area contributed by atoms with Crippen LogP contribution >= 0.6 is 0 Å². The first-order valence-corrected chi connectivity index (χ1v) is 8.33. The van der Waals surface area contributed by atoms with Gasteiger partial charge in [-0.1, -0.05) is 32.6 Å². The van der Waals surface area contributed by atoms with Gasteiger partial charge in [-0.3, -0.25) is 9.69 Å². The number of hydrogen-bond acceptors (Lipinski definition) is 2. The number of hydrogen-bond donors (Lipinski definition) is 1. The summed E-state index contributed by atoms with van der Waals surface area (Å²) >= 11 is 0. The molecule has 1 heterocycles. The molecule has 0 aromatic carbocycles. The number of rotatable bonds is 4. The standard InChI is InChI=1S/C16H30N2O/c1-2-8-16(19)17-14-9-7-12-18(13-14)15-10-5-3-4-6-11-15/h14-15H,2-13H2,1H3,(H,17,19)/t14-/m1/s1. The lowest BCUT2D eigenvalue weighted by atomic mass is 10.00. The minimum Gasteiger partial charge on any atom is -0.352 e. The van der Waals surface area contributed by atoms with Crippen LogP contribution in [0.1, 0.15) is 71.1 Å². The van der Waals surface area contributed by atoms with Crippen molar-refractivity contribution in [3.05, 3.63) is 0 Å². The molecule has 0 aromatic heterocycles. The molecule has 1 atom stereocenters. The molecule has 1 saturated carbocycles. The van der Waals surface area contributed by atoms with E-state index in [9.17, 15) is 4.79 Å². The summed E-state index contributed by atoms with van der Waals surface area (Å²) < 4.78 is 0. The van der Waals surface area contributed by atoms with E-state index in [0.717, 1.165) is 19.0 Å². The van der Waals surface area contributed by atoms with E-state index in [-0.39, 0.29) is 5.91 Å². The molecule has 1 N–H and O–H groups in total. The van der Waals surface area contributed by atoms with Crippen LogP contribution in [0.4, 0.5) is 0 Å². The van der Waals surface area contributed by atoms with E-state index < -0.39 is 0 Å². The van der Waals surface area contributed by atoms with Crippen LogP contribution in [0, 0.1) is 0 Å². The zero-order chi connectivity index (χ0) is 13.5. The molecule has 3 nitrogen and oxygen atoms in total. The van der Waals surface area contributed by atoms with Gasteiger partial charge >= 0.3 is 0 Å². The van der Waals surface area contributed by atoms with Gasteiger partial charge in [0.15, 0.2) is 0 Å². The van der Waals surface area contributed by atoms with E-state index in [4.69, 9.17) is 0 Å². The highest BCUT2D eigenvalue weighted by molar-refractivity contribution is 5.76. The average Bonchev–Trinajstić information content (AvgIpc) is 2.68. The first kappa shape index (κ1) is 14.8. The maximum Gasteiger partial charge on any atom is 0.220 e. The number of piperidine rings is 1. The predicted octanol–water partition coefficient (Wildman–Crippen LogP) is 3.09. The minimum atomic E-state index is 0.246. The molecule has 1 saturated heterocycles. The number of nitrogens with zero attached hydrogens (tertiary/aromatic N) is 1. The average molecular weight is 266 g/mol. The molecular weight excluding hydrogens is 236 g/mol. The molecule has 0 aromatic rings. The molecule has 0 bridgehead atoms. The zero-order valence-corrected chi connectivity index (χ0v) is 12.5. The van der Waals surface area contributed by atoms with Crippen LogP contribution in [0.15, 0.2) is 0 Å². The van der Waals surface area contributed by atoms with Crippen molar-refractivity contribution in [2.75, 3.05) is 13.1 Å². The highest BCUT2D eigenvalue weighted by Crippen LogP contribution is 2.24. The van der Waals surface area contributed by atoms with Crippen LogP contribution in [0.2, 0.25) is 0 Å². The molecule has 3 heteroatoms. The van der Waals surface area contributed by atoms with E-state index in [2.05, 4.69) is 17.1 Å². The van der Waals surface area contributed by atoms with E-state index >= 15 is 0 Å². The normalized spacial score (nSPS) is 26.9. The summed E-state index contributed by atoms with van der Waals surface area (Å²) in [5, 5.41) is 3.22. The third-order valence-corrected chi connectivity index (χ3v) is 4.64. The summed E-state index contributed by atoms with van der Waals surface area (Å²) in [6, 6.07) is 1.18. The lowest BCUT2D eigenvalue weighted by molar-refractivity contribution is -0.122. The van der Waals surface area contributed by atoms with Gasteiger partial charge in [-0.05, 0) is 38.6 Å². The van der Waals surface area contributed by atoms with Crippen LogP contribution in [0.5, 0.6) is 0 Å². The molecular formula is C16H30N2O. The molecule has 2 aliphatic rings. The second-order valence-corrected chi connectivity index (χ2v) is 6.30. The fraction of sp³-hybridized carbons (Fsp3) is 0.938. The number of carbonyl (C=O) groups excluding carboxylic acids is 1. The monoisotopic (exact) mass is 266 g/mol. The van der Waals surface area contributed by atoms with Crippen LogP contribution in [0.3, 0.4) is 0 Å². The zero-order valence-electron chi connectivity index (χ0n) is 12.5.